The summed E-state index contributed by atoms with van der Waals surface area (Å²) in [6, 6.07) is 1.49. The molecule has 0 unspecified atom stereocenters. The van der Waals surface area contributed by atoms with E-state index in [1.54, 1.807) is 0 Å². The summed E-state index contributed by atoms with van der Waals surface area (Å²) < 4.78 is 9.74. The van der Waals surface area contributed by atoms with Crippen molar-refractivity contribution in [3.05, 3.63) is 29.1 Å². The summed E-state index contributed by atoms with van der Waals surface area (Å²) in [7, 11) is 1.24. The van der Waals surface area contributed by atoms with E-state index in [2.05, 4.69) is 16.3 Å². The molecule has 0 aliphatic heterocycles. The van der Waals surface area contributed by atoms with Crippen LogP contribution in [0.2, 0.25) is 5.02 Å². The molecule has 5 nitrogen and oxygen atoms in total. The maximum absolute atomic E-state index is 11.4. The van der Waals surface area contributed by atoms with Gasteiger partial charge in [0.25, 0.3) is 0 Å². The molecule has 0 fully saturated rings. The van der Waals surface area contributed by atoms with E-state index >= 15 is 0 Å². The quantitative estimate of drug-likeness (QED) is 0.660. The van der Waals surface area contributed by atoms with Crippen molar-refractivity contribution in [2.75, 3.05) is 19.5 Å². The first-order valence-corrected chi connectivity index (χ1v) is 5.25. The van der Waals surface area contributed by atoms with Crippen LogP contribution < -0.4 is 5.73 Å². The zero-order valence-corrected chi connectivity index (χ0v) is 10.4. The predicted molar refractivity (Wildman–Crippen MR) is 65.7 cm³/mol. The van der Waals surface area contributed by atoms with Gasteiger partial charge in [0.05, 0.1) is 24.4 Å². The van der Waals surface area contributed by atoms with Gasteiger partial charge >= 0.3 is 5.97 Å². The fourth-order valence-electron chi connectivity index (χ4n) is 1.17. The number of carbonyl (C=O) groups is 1. The van der Waals surface area contributed by atoms with Gasteiger partial charge in [0, 0.05) is 0 Å². The van der Waals surface area contributed by atoms with Gasteiger partial charge in [-0.25, -0.2) is 9.78 Å². The summed E-state index contributed by atoms with van der Waals surface area (Å²) in [6.45, 7) is 5.93. The Labute approximate surface area is 104 Å². The Morgan fingerprint density at radius 1 is 1.65 bits per heavy atom. The number of nitrogens with two attached hydrogens (primary N) is 1. The molecule has 0 radical (unpaired) electrons. The van der Waals surface area contributed by atoms with Crippen molar-refractivity contribution in [1.29, 1.82) is 0 Å². The highest BCUT2D eigenvalue weighted by molar-refractivity contribution is 6.33. The van der Waals surface area contributed by atoms with Crippen LogP contribution in [0, 0.1) is 0 Å². The molecular weight excluding hydrogens is 244 g/mol. The Morgan fingerprint density at radius 3 is 2.82 bits per heavy atom. The van der Waals surface area contributed by atoms with E-state index in [-0.39, 0.29) is 16.4 Å². The minimum atomic E-state index is -0.657. The minimum Gasteiger partial charge on any atom is -0.492 e. The Bertz CT molecular complexity index is 460. The van der Waals surface area contributed by atoms with Crippen molar-refractivity contribution in [3.63, 3.8) is 0 Å². The summed E-state index contributed by atoms with van der Waals surface area (Å²) in [6.07, 6.45) is 0. The molecule has 0 saturated heterocycles. The summed E-state index contributed by atoms with van der Waals surface area (Å²) in [5, 5.41) is 0.205. The molecule has 6 heteroatoms. The second-order valence-corrected chi connectivity index (χ2v) is 3.51. The van der Waals surface area contributed by atoms with E-state index in [9.17, 15) is 4.79 Å². The van der Waals surface area contributed by atoms with Crippen LogP contribution in [-0.2, 0) is 9.47 Å². The zero-order valence-electron chi connectivity index (χ0n) is 9.62. The Kier molecular flexibility index (Phi) is 4.34. The van der Waals surface area contributed by atoms with Crippen LogP contribution in [0.15, 0.2) is 12.6 Å². The number of hydrogen-bond acceptors (Lipinski definition) is 5. The summed E-state index contributed by atoms with van der Waals surface area (Å²) in [5.74, 6) is -0.338. The highest BCUT2D eigenvalue weighted by Crippen LogP contribution is 2.26. The van der Waals surface area contributed by atoms with Crippen LogP contribution in [0.5, 0.6) is 0 Å². The fraction of sp³-hybridized carbons (Fsp3) is 0.273. The smallest absolute Gasteiger partial charge is 0.358 e. The molecule has 2 N–H and O–H groups in total. The molecular formula is C11H13ClN2O3. The van der Waals surface area contributed by atoms with Crippen LogP contribution in [-0.4, -0.2) is 24.7 Å². The topological polar surface area (TPSA) is 74.4 Å². The molecule has 17 heavy (non-hydrogen) atoms. The predicted octanol–water partition coefficient (Wildman–Crippen LogP) is 2.11. The van der Waals surface area contributed by atoms with E-state index in [0.717, 1.165) is 0 Å². The second kappa shape index (κ2) is 5.54. The zero-order chi connectivity index (χ0) is 13.0. The maximum atomic E-state index is 11.4. The average Bonchev–Trinajstić information content (AvgIpc) is 2.31. The van der Waals surface area contributed by atoms with Gasteiger partial charge in [-0.15, -0.1) is 0 Å². The van der Waals surface area contributed by atoms with Crippen molar-refractivity contribution in [2.24, 2.45) is 0 Å². The third-order valence-electron chi connectivity index (χ3n) is 1.99. The number of aromatic nitrogens is 1. The highest BCUT2D eigenvalue weighted by atomic mass is 35.5. The van der Waals surface area contributed by atoms with Crippen molar-refractivity contribution >= 4 is 29.0 Å². The number of esters is 1. The molecule has 92 valence electrons. The lowest BCUT2D eigenvalue weighted by molar-refractivity contribution is 0.0595. The molecule has 1 rings (SSSR count). The average molecular weight is 257 g/mol. The number of hydrogen-bond donors (Lipinski definition) is 1. The summed E-state index contributed by atoms with van der Waals surface area (Å²) in [5.41, 5.74) is 6.02. The monoisotopic (exact) mass is 256 g/mol. The normalized spacial score (nSPS) is 9.82. The number of rotatable bonds is 4. The van der Waals surface area contributed by atoms with E-state index < -0.39 is 5.97 Å². The van der Waals surface area contributed by atoms with Gasteiger partial charge in [0.15, 0.2) is 5.69 Å². The van der Waals surface area contributed by atoms with Crippen LogP contribution in [0.25, 0.3) is 5.76 Å². The van der Waals surface area contributed by atoms with Crippen LogP contribution >= 0.6 is 11.6 Å². The standard InChI is InChI=1S/C11H13ClN2O3/c1-4-17-6(2)8-5-7(12)9(13)10(14-8)11(15)16-3/h5H,2,4,13H2,1,3H3. The molecule has 0 amide bonds. The SMILES string of the molecule is C=C(OCC)c1cc(Cl)c(N)c(C(=O)OC)n1. The van der Waals surface area contributed by atoms with E-state index in [4.69, 9.17) is 22.1 Å². The van der Waals surface area contributed by atoms with Crippen LogP contribution in [0.3, 0.4) is 0 Å². The molecule has 0 aliphatic rings. The Balaban J connectivity index is 3.23. The third-order valence-corrected chi connectivity index (χ3v) is 2.30. The molecule has 0 spiro atoms. The van der Waals surface area contributed by atoms with Gasteiger partial charge in [-0.1, -0.05) is 18.2 Å². The third kappa shape index (κ3) is 2.88. The molecule has 0 atom stereocenters. The molecule has 0 aliphatic carbocycles. The summed E-state index contributed by atoms with van der Waals surface area (Å²) in [4.78, 5) is 15.4. The lowest BCUT2D eigenvalue weighted by atomic mass is 10.2. The number of methoxy groups -OCH3 is 1. The number of pyridine rings is 1. The van der Waals surface area contributed by atoms with Crippen molar-refractivity contribution in [1.82, 2.24) is 4.98 Å². The van der Waals surface area contributed by atoms with Crippen molar-refractivity contribution < 1.29 is 14.3 Å². The number of ether oxygens (including phenoxy) is 2. The first kappa shape index (κ1) is 13.3. The first-order chi connectivity index (χ1) is 8.01. The van der Waals surface area contributed by atoms with Gasteiger partial charge in [-0.2, -0.15) is 0 Å². The molecule has 0 bridgehead atoms. The van der Waals surface area contributed by atoms with Gasteiger partial charge < -0.3 is 15.2 Å². The highest BCUT2D eigenvalue weighted by Gasteiger charge is 2.17. The fourth-order valence-corrected chi connectivity index (χ4v) is 1.36. The number of halogens is 1. The van der Waals surface area contributed by atoms with Gasteiger partial charge in [0.1, 0.15) is 11.5 Å². The van der Waals surface area contributed by atoms with Crippen molar-refractivity contribution in [2.45, 2.75) is 6.92 Å². The van der Waals surface area contributed by atoms with Crippen LogP contribution in [0.1, 0.15) is 23.1 Å². The van der Waals surface area contributed by atoms with Gasteiger partial charge in [-0.3, -0.25) is 0 Å². The molecule has 0 aromatic carbocycles. The lowest BCUT2D eigenvalue weighted by Gasteiger charge is -2.10. The number of nitrogen functional groups attached to an aromatic ring is 1. The molecule has 1 aromatic heterocycles. The van der Waals surface area contributed by atoms with E-state index in [1.807, 2.05) is 6.92 Å². The number of anilines is 1. The lowest BCUT2D eigenvalue weighted by Crippen LogP contribution is -2.11. The van der Waals surface area contributed by atoms with E-state index in [1.165, 1.54) is 13.2 Å². The molecule has 1 aromatic rings. The molecule has 0 saturated carbocycles. The summed E-state index contributed by atoms with van der Waals surface area (Å²) >= 11 is 5.89. The van der Waals surface area contributed by atoms with Gasteiger partial charge in [0.2, 0.25) is 0 Å². The Morgan fingerprint density at radius 2 is 2.29 bits per heavy atom. The number of carbonyl (C=O) groups excluding carboxylic acids is 1. The second-order valence-electron chi connectivity index (χ2n) is 3.10. The van der Waals surface area contributed by atoms with Crippen LogP contribution in [0.4, 0.5) is 5.69 Å². The number of nitrogens with zero attached hydrogens (tertiary/aromatic N) is 1. The minimum absolute atomic E-state index is 0.0455. The van der Waals surface area contributed by atoms with Crippen molar-refractivity contribution in [3.8, 4) is 0 Å². The van der Waals surface area contributed by atoms with Gasteiger partial charge in [-0.05, 0) is 13.0 Å². The maximum Gasteiger partial charge on any atom is 0.358 e. The first-order valence-electron chi connectivity index (χ1n) is 4.87. The Hall–Kier alpha value is -1.75. The molecule has 1 heterocycles. The largest absolute Gasteiger partial charge is 0.492 e. The van der Waals surface area contributed by atoms with E-state index in [0.29, 0.717) is 18.1 Å².